The molecule has 0 spiro atoms. The molecule has 0 saturated carbocycles. The summed E-state index contributed by atoms with van der Waals surface area (Å²) in [6, 6.07) is 10.1. The van der Waals surface area contributed by atoms with Crippen molar-refractivity contribution in [1.29, 1.82) is 0 Å². The third kappa shape index (κ3) is 2.83. The quantitative estimate of drug-likeness (QED) is 0.784. The van der Waals surface area contributed by atoms with E-state index in [2.05, 4.69) is 0 Å². The zero-order chi connectivity index (χ0) is 13.3. The van der Waals surface area contributed by atoms with E-state index in [0.717, 1.165) is 0 Å². The highest BCUT2D eigenvalue weighted by Gasteiger charge is 2.15. The second-order valence-electron chi connectivity index (χ2n) is 3.59. The normalized spacial score (nSPS) is 11.5. The summed E-state index contributed by atoms with van der Waals surface area (Å²) in [5.41, 5.74) is 1.08. The minimum Gasteiger partial charge on any atom is -0.207 e. The molecule has 2 aromatic carbocycles. The second-order valence-corrected chi connectivity index (χ2v) is 6.53. The Morgan fingerprint density at radius 3 is 2.28 bits per heavy atom. The standard InChI is InChI=1S/C12H7Cl2FO2S/c13-11-5-4-9(7-12(11)18(14,16)17)8-2-1-3-10(15)6-8/h1-7H. The van der Waals surface area contributed by atoms with E-state index in [0.29, 0.717) is 11.1 Å². The maximum absolute atomic E-state index is 13.1. The van der Waals surface area contributed by atoms with Gasteiger partial charge in [0.15, 0.2) is 0 Å². The molecule has 0 aliphatic rings. The van der Waals surface area contributed by atoms with Gasteiger partial charge in [0.05, 0.1) is 5.02 Å². The minimum absolute atomic E-state index is 0.0325. The van der Waals surface area contributed by atoms with Gasteiger partial charge in [-0.2, -0.15) is 0 Å². The Morgan fingerprint density at radius 2 is 1.67 bits per heavy atom. The molecule has 0 aliphatic carbocycles. The smallest absolute Gasteiger partial charge is 0.207 e. The van der Waals surface area contributed by atoms with Gasteiger partial charge in [0, 0.05) is 10.7 Å². The highest BCUT2D eigenvalue weighted by molar-refractivity contribution is 8.13. The lowest BCUT2D eigenvalue weighted by molar-refractivity contribution is 0.609. The molecule has 2 rings (SSSR count). The van der Waals surface area contributed by atoms with Crippen molar-refractivity contribution >= 4 is 31.3 Å². The van der Waals surface area contributed by atoms with Gasteiger partial charge in [-0.05, 0) is 35.4 Å². The van der Waals surface area contributed by atoms with Crippen LogP contribution in [0.15, 0.2) is 47.4 Å². The average molecular weight is 305 g/mol. The molecule has 0 unspecified atom stereocenters. The van der Waals surface area contributed by atoms with E-state index >= 15 is 0 Å². The number of hydrogen-bond donors (Lipinski definition) is 0. The van der Waals surface area contributed by atoms with Crippen LogP contribution in [0, 0.1) is 5.82 Å². The first-order valence-electron chi connectivity index (χ1n) is 4.88. The average Bonchev–Trinajstić information content (AvgIpc) is 2.28. The van der Waals surface area contributed by atoms with Gasteiger partial charge in [-0.25, -0.2) is 12.8 Å². The molecule has 2 nitrogen and oxygen atoms in total. The highest BCUT2D eigenvalue weighted by Crippen LogP contribution is 2.30. The van der Waals surface area contributed by atoms with Gasteiger partial charge in [0.2, 0.25) is 0 Å². The molecule has 2 aromatic rings. The zero-order valence-corrected chi connectivity index (χ0v) is 11.2. The molecule has 0 radical (unpaired) electrons. The lowest BCUT2D eigenvalue weighted by Gasteiger charge is -2.05. The van der Waals surface area contributed by atoms with E-state index < -0.39 is 14.9 Å². The van der Waals surface area contributed by atoms with Crippen molar-refractivity contribution in [3.63, 3.8) is 0 Å². The molecule has 0 fully saturated rings. The molecule has 0 aromatic heterocycles. The zero-order valence-electron chi connectivity index (χ0n) is 8.90. The van der Waals surface area contributed by atoms with Crippen LogP contribution in [0.5, 0.6) is 0 Å². The van der Waals surface area contributed by atoms with E-state index in [9.17, 15) is 12.8 Å². The maximum Gasteiger partial charge on any atom is 0.262 e. The Morgan fingerprint density at radius 1 is 1.00 bits per heavy atom. The fraction of sp³-hybridized carbons (Fsp3) is 0. The maximum atomic E-state index is 13.1. The SMILES string of the molecule is O=S(=O)(Cl)c1cc(-c2cccc(F)c2)ccc1Cl. The highest BCUT2D eigenvalue weighted by atomic mass is 35.7. The van der Waals surface area contributed by atoms with Gasteiger partial charge in [0.25, 0.3) is 9.05 Å². The summed E-state index contributed by atoms with van der Waals surface area (Å²) in [6.07, 6.45) is 0. The third-order valence-corrected chi connectivity index (χ3v) is 4.16. The van der Waals surface area contributed by atoms with Crippen molar-refractivity contribution in [1.82, 2.24) is 0 Å². The van der Waals surface area contributed by atoms with Crippen molar-refractivity contribution in [2.45, 2.75) is 4.90 Å². The molecule has 94 valence electrons. The Balaban J connectivity index is 2.61. The Labute approximate surface area is 113 Å². The molecular formula is C12H7Cl2FO2S. The van der Waals surface area contributed by atoms with Gasteiger partial charge in [-0.1, -0.05) is 29.8 Å². The molecule has 0 amide bonds. The van der Waals surface area contributed by atoms with Crippen molar-refractivity contribution in [3.8, 4) is 11.1 Å². The molecule has 0 bridgehead atoms. The first-order chi connectivity index (χ1) is 8.38. The monoisotopic (exact) mass is 304 g/mol. The van der Waals surface area contributed by atoms with E-state index in [1.54, 1.807) is 12.1 Å². The third-order valence-electron chi connectivity index (χ3n) is 2.35. The number of rotatable bonds is 2. The Kier molecular flexibility index (Phi) is 3.61. The van der Waals surface area contributed by atoms with Gasteiger partial charge < -0.3 is 0 Å². The van der Waals surface area contributed by atoms with Crippen LogP contribution in [0.4, 0.5) is 4.39 Å². The summed E-state index contributed by atoms with van der Waals surface area (Å²) in [5, 5.41) is 0.0325. The van der Waals surface area contributed by atoms with Crippen molar-refractivity contribution in [3.05, 3.63) is 53.3 Å². The van der Waals surface area contributed by atoms with Crippen LogP contribution in [0.3, 0.4) is 0 Å². The van der Waals surface area contributed by atoms with Crippen LogP contribution in [0.25, 0.3) is 11.1 Å². The van der Waals surface area contributed by atoms with E-state index in [-0.39, 0.29) is 9.92 Å². The summed E-state index contributed by atoms with van der Waals surface area (Å²) >= 11 is 5.76. The molecule has 0 N–H and O–H groups in total. The van der Waals surface area contributed by atoms with Crippen molar-refractivity contribution in [2.75, 3.05) is 0 Å². The fourth-order valence-electron chi connectivity index (χ4n) is 1.54. The first kappa shape index (κ1) is 13.3. The molecule has 0 aliphatic heterocycles. The summed E-state index contributed by atoms with van der Waals surface area (Å²) in [4.78, 5) is -0.187. The van der Waals surface area contributed by atoms with Gasteiger partial charge >= 0.3 is 0 Å². The van der Waals surface area contributed by atoms with Crippen LogP contribution < -0.4 is 0 Å². The topological polar surface area (TPSA) is 34.1 Å². The van der Waals surface area contributed by atoms with E-state index in [1.807, 2.05) is 0 Å². The summed E-state index contributed by atoms with van der Waals surface area (Å²) < 4.78 is 35.7. The fourth-order valence-corrected chi connectivity index (χ4v) is 3.03. The molecule has 0 saturated heterocycles. The number of halogens is 3. The van der Waals surface area contributed by atoms with Crippen LogP contribution in [0.1, 0.15) is 0 Å². The van der Waals surface area contributed by atoms with E-state index in [4.69, 9.17) is 22.3 Å². The van der Waals surface area contributed by atoms with E-state index in [1.165, 1.54) is 30.3 Å². The summed E-state index contributed by atoms with van der Waals surface area (Å²) in [6.45, 7) is 0. The number of hydrogen-bond acceptors (Lipinski definition) is 2. The largest absolute Gasteiger partial charge is 0.262 e. The Hall–Kier alpha value is -1.10. The van der Waals surface area contributed by atoms with Crippen LogP contribution in [-0.2, 0) is 9.05 Å². The molecule has 6 heteroatoms. The van der Waals surface area contributed by atoms with Crippen LogP contribution >= 0.6 is 22.3 Å². The second kappa shape index (κ2) is 4.88. The van der Waals surface area contributed by atoms with Gasteiger partial charge in [0.1, 0.15) is 10.7 Å². The first-order valence-corrected chi connectivity index (χ1v) is 7.57. The lowest BCUT2D eigenvalue weighted by Crippen LogP contribution is -1.93. The molecule has 18 heavy (non-hydrogen) atoms. The summed E-state index contributed by atoms with van der Waals surface area (Å²) in [7, 11) is 1.34. The van der Waals surface area contributed by atoms with Crippen molar-refractivity contribution < 1.29 is 12.8 Å². The molecule has 0 heterocycles. The van der Waals surface area contributed by atoms with Gasteiger partial charge in [-0.3, -0.25) is 0 Å². The Bertz CT molecular complexity index is 699. The summed E-state index contributed by atoms with van der Waals surface area (Å²) in [5.74, 6) is -0.405. The predicted octanol–water partition coefficient (Wildman–Crippen LogP) is 4.07. The van der Waals surface area contributed by atoms with Crippen LogP contribution in [0.2, 0.25) is 5.02 Å². The lowest BCUT2D eigenvalue weighted by atomic mass is 10.1. The minimum atomic E-state index is -3.93. The number of benzene rings is 2. The van der Waals surface area contributed by atoms with Crippen LogP contribution in [-0.4, -0.2) is 8.42 Å². The molecular weight excluding hydrogens is 298 g/mol. The predicted molar refractivity (Wildman–Crippen MR) is 69.9 cm³/mol. The molecule has 0 atom stereocenters. The van der Waals surface area contributed by atoms with Gasteiger partial charge in [-0.15, -0.1) is 0 Å². The van der Waals surface area contributed by atoms with Crippen molar-refractivity contribution in [2.24, 2.45) is 0 Å².